The highest BCUT2D eigenvalue weighted by molar-refractivity contribution is 5.97. The number of ether oxygens (including phenoxy) is 1. The van der Waals surface area contributed by atoms with Gasteiger partial charge in [-0.1, -0.05) is 12.1 Å². The molecule has 104 valence electrons. The van der Waals surface area contributed by atoms with E-state index in [1.807, 2.05) is 0 Å². The molecule has 0 unspecified atom stereocenters. The van der Waals surface area contributed by atoms with Gasteiger partial charge >= 0.3 is 0 Å². The molecule has 0 amide bonds. The number of nitrogens with zero attached hydrogens (tertiary/aromatic N) is 1. The van der Waals surface area contributed by atoms with E-state index >= 15 is 0 Å². The van der Waals surface area contributed by atoms with Crippen LogP contribution in [0.15, 0.2) is 24.3 Å². The number of rotatable bonds is 5. The Morgan fingerprint density at radius 2 is 2.30 bits per heavy atom. The van der Waals surface area contributed by atoms with Gasteiger partial charge in [-0.25, -0.2) is 0 Å². The average Bonchev–Trinajstić information content (AvgIpc) is 2.86. The molecule has 0 bridgehead atoms. The Kier molecular flexibility index (Phi) is 4.19. The average molecular weight is 271 g/mol. The van der Waals surface area contributed by atoms with Crippen molar-refractivity contribution in [3.05, 3.63) is 29.8 Å². The standard InChI is InChI=1S/C16H17NO3/c1-20-13-5-2-4-12(10-13)14(18)7-9-16(11-17)8-3-6-15(16)19/h2,4-5,10H,3,6-9H2,1H3/t16-/m1/s1. The maximum atomic E-state index is 12.2. The van der Waals surface area contributed by atoms with Crippen LogP contribution >= 0.6 is 0 Å². The third kappa shape index (κ3) is 2.72. The maximum Gasteiger partial charge on any atom is 0.163 e. The van der Waals surface area contributed by atoms with Crippen LogP contribution in [0, 0.1) is 16.7 Å². The minimum atomic E-state index is -0.936. The van der Waals surface area contributed by atoms with Gasteiger partial charge in [-0.3, -0.25) is 9.59 Å². The molecule has 0 spiro atoms. The molecule has 0 N–H and O–H groups in total. The van der Waals surface area contributed by atoms with Crippen LogP contribution in [0.1, 0.15) is 42.5 Å². The molecular formula is C16H17NO3. The smallest absolute Gasteiger partial charge is 0.163 e. The second-order valence-electron chi connectivity index (χ2n) is 5.13. The van der Waals surface area contributed by atoms with Crippen LogP contribution in [0.25, 0.3) is 0 Å². The predicted octanol–water partition coefficient (Wildman–Crippen LogP) is 2.92. The number of methoxy groups -OCH3 is 1. The zero-order valence-electron chi connectivity index (χ0n) is 11.5. The second-order valence-corrected chi connectivity index (χ2v) is 5.13. The maximum absolute atomic E-state index is 12.2. The summed E-state index contributed by atoms with van der Waals surface area (Å²) in [7, 11) is 1.55. The molecule has 1 aromatic carbocycles. The highest BCUT2D eigenvalue weighted by Crippen LogP contribution is 2.38. The van der Waals surface area contributed by atoms with Crippen LogP contribution in [0.3, 0.4) is 0 Å². The summed E-state index contributed by atoms with van der Waals surface area (Å²) in [4.78, 5) is 24.0. The van der Waals surface area contributed by atoms with Crippen molar-refractivity contribution in [2.45, 2.75) is 32.1 Å². The van der Waals surface area contributed by atoms with Gasteiger partial charge in [0.25, 0.3) is 0 Å². The van der Waals surface area contributed by atoms with Crippen molar-refractivity contribution in [1.29, 1.82) is 5.26 Å². The third-order valence-electron chi connectivity index (χ3n) is 3.93. The van der Waals surface area contributed by atoms with E-state index in [1.54, 1.807) is 31.4 Å². The third-order valence-corrected chi connectivity index (χ3v) is 3.93. The highest BCUT2D eigenvalue weighted by Gasteiger charge is 2.42. The quantitative estimate of drug-likeness (QED) is 0.772. The lowest BCUT2D eigenvalue weighted by Crippen LogP contribution is -2.24. The molecule has 1 aromatic rings. The van der Waals surface area contributed by atoms with E-state index in [2.05, 4.69) is 6.07 Å². The van der Waals surface area contributed by atoms with E-state index < -0.39 is 5.41 Å². The Morgan fingerprint density at radius 3 is 2.90 bits per heavy atom. The van der Waals surface area contributed by atoms with E-state index in [0.29, 0.717) is 30.6 Å². The highest BCUT2D eigenvalue weighted by atomic mass is 16.5. The van der Waals surface area contributed by atoms with Crippen molar-refractivity contribution in [2.75, 3.05) is 7.11 Å². The van der Waals surface area contributed by atoms with E-state index in [1.165, 1.54) is 0 Å². The Labute approximate surface area is 118 Å². The summed E-state index contributed by atoms with van der Waals surface area (Å²) in [6.45, 7) is 0. The van der Waals surface area contributed by atoms with Gasteiger partial charge in [0.1, 0.15) is 11.2 Å². The van der Waals surface area contributed by atoms with Crippen molar-refractivity contribution in [3.63, 3.8) is 0 Å². The number of benzene rings is 1. The first-order chi connectivity index (χ1) is 9.61. The van der Waals surface area contributed by atoms with E-state index in [-0.39, 0.29) is 18.0 Å². The molecule has 2 rings (SSSR count). The first kappa shape index (κ1) is 14.3. The van der Waals surface area contributed by atoms with Crippen molar-refractivity contribution in [1.82, 2.24) is 0 Å². The normalized spacial score (nSPS) is 21.5. The Morgan fingerprint density at radius 1 is 1.50 bits per heavy atom. The van der Waals surface area contributed by atoms with Crippen molar-refractivity contribution >= 4 is 11.6 Å². The zero-order chi connectivity index (χ0) is 14.6. The molecule has 1 aliphatic carbocycles. The van der Waals surface area contributed by atoms with E-state index in [9.17, 15) is 14.9 Å². The fraction of sp³-hybridized carbons (Fsp3) is 0.438. The minimum Gasteiger partial charge on any atom is -0.497 e. The summed E-state index contributed by atoms with van der Waals surface area (Å²) < 4.78 is 5.08. The van der Waals surface area contributed by atoms with Gasteiger partial charge < -0.3 is 4.74 Å². The molecular weight excluding hydrogens is 254 g/mol. The number of carbonyl (C=O) groups is 2. The molecule has 0 heterocycles. The van der Waals surface area contributed by atoms with Crippen LogP contribution in [-0.4, -0.2) is 18.7 Å². The van der Waals surface area contributed by atoms with E-state index in [0.717, 1.165) is 6.42 Å². The largest absolute Gasteiger partial charge is 0.497 e. The molecule has 1 atom stereocenters. The van der Waals surface area contributed by atoms with Gasteiger partial charge in [0.05, 0.1) is 13.2 Å². The van der Waals surface area contributed by atoms with Gasteiger partial charge in [0.2, 0.25) is 0 Å². The number of ketones is 2. The molecule has 1 aliphatic rings. The molecule has 4 heteroatoms. The number of nitriles is 1. The zero-order valence-corrected chi connectivity index (χ0v) is 11.5. The molecule has 0 aromatic heterocycles. The van der Waals surface area contributed by atoms with Crippen molar-refractivity contribution in [2.24, 2.45) is 5.41 Å². The second kappa shape index (κ2) is 5.87. The van der Waals surface area contributed by atoms with Crippen molar-refractivity contribution in [3.8, 4) is 11.8 Å². The van der Waals surface area contributed by atoms with Gasteiger partial charge in [0, 0.05) is 18.4 Å². The van der Waals surface area contributed by atoms with Crippen LogP contribution in [0.2, 0.25) is 0 Å². The van der Waals surface area contributed by atoms with Crippen LogP contribution in [-0.2, 0) is 4.79 Å². The van der Waals surface area contributed by atoms with Gasteiger partial charge in [0.15, 0.2) is 11.6 Å². The monoisotopic (exact) mass is 271 g/mol. The lowest BCUT2D eigenvalue weighted by Gasteiger charge is -2.17. The Bertz CT molecular complexity index is 573. The van der Waals surface area contributed by atoms with Crippen molar-refractivity contribution < 1.29 is 14.3 Å². The summed E-state index contributed by atoms with van der Waals surface area (Å²) in [6.07, 6.45) is 2.32. The molecule has 1 saturated carbocycles. The first-order valence-corrected chi connectivity index (χ1v) is 6.73. The molecule has 20 heavy (non-hydrogen) atoms. The summed E-state index contributed by atoms with van der Waals surface area (Å²) in [5, 5.41) is 9.25. The van der Waals surface area contributed by atoms with E-state index in [4.69, 9.17) is 4.74 Å². The number of Topliss-reactive ketones (excluding diaryl/α,β-unsaturated/α-hetero) is 2. The molecule has 0 radical (unpaired) electrons. The lowest BCUT2D eigenvalue weighted by atomic mass is 9.81. The topological polar surface area (TPSA) is 67.2 Å². The van der Waals surface area contributed by atoms with Crippen LogP contribution in [0.5, 0.6) is 5.75 Å². The summed E-state index contributed by atoms with van der Waals surface area (Å²) in [5.41, 5.74) is -0.378. The molecule has 0 saturated heterocycles. The summed E-state index contributed by atoms with van der Waals surface area (Å²) in [5.74, 6) is 0.555. The van der Waals surface area contributed by atoms with Gasteiger partial charge in [-0.2, -0.15) is 5.26 Å². The summed E-state index contributed by atoms with van der Waals surface area (Å²) in [6, 6.07) is 9.06. The Balaban J connectivity index is 2.05. The van der Waals surface area contributed by atoms with Crippen LogP contribution in [0.4, 0.5) is 0 Å². The Hall–Kier alpha value is -2.15. The summed E-state index contributed by atoms with van der Waals surface area (Å²) >= 11 is 0. The lowest BCUT2D eigenvalue weighted by molar-refractivity contribution is -0.123. The van der Waals surface area contributed by atoms with Gasteiger partial charge in [-0.05, 0) is 31.4 Å². The fourth-order valence-corrected chi connectivity index (χ4v) is 2.64. The fourth-order valence-electron chi connectivity index (χ4n) is 2.64. The first-order valence-electron chi connectivity index (χ1n) is 6.73. The molecule has 1 fully saturated rings. The SMILES string of the molecule is COc1cccc(C(=O)CC[C@@]2(C#N)CCCC2=O)c1. The molecule has 4 nitrogen and oxygen atoms in total. The number of carbonyl (C=O) groups excluding carboxylic acids is 2. The van der Waals surface area contributed by atoms with Gasteiger partial charge in [-0.15, -0.1) is 0 Å². The number of hydrogen-bond acceptors (Lipinski definition) is 4. The van der Waals surface area contributed by atoms with Crippen LogP contribution < -0.4 is 4.74 Å². The number of hydrogen-bond donors (Lipinski definition) is 0. The predicted molar refractivity (Wildman–Crippen MR) is 73.5 cm³/mol. The molecule has 0 aliphatic heterocycles. The minimum absolute atomic E-state index is 0.0153.